The van der Waals surface area contributed by atoms with Crippen LogP contribution >= 0.6 is 0 Å². The van der Waals surface area contributed by atoms with Crippen LogP contribution in [0.1, 0.15) is 25.8 Å². The van der Waals surface area contributed by atoms with Crippen LogP contribution in [-0.2, 0) is 25.7 Å². The molecule has 0 spiro atoms. The number of carbonyl (C=O) groups is 3. The largest absolute Gasteiger partial charge is 0.461 e. The number of hydrogen-bond donors (Lipinski definition) is 2. The molecule has 3 N–H and O–H groups in total. The van der Waals surface area contributed by atoms with Gasteiger partial charge in [0.05, 0.1) is 12.5 Å². The first-order valence-electron chi connectivity index (χ1n) is 7.87. The number of ether oxygens (including phenoxy) is 1. The van der Waals surface area contributed by atoms with Crippen LogP contribution in [0.5, 0.6) is 0 Å². The third-order valence-electron chi connectivity index (χ3n) is 4.06. The lowest BCUT2D eigenvalue weighted by atomic mass is 9.97. The Hall–Kier alpha value is -2.41. The smallest absolute Gasteiger partial charge is 0.308 e. The summed E-state index contributed by atoms with van der Waals surface area (Å²) in [5, 5.41) is 2.71. The molecule has 0 aromatic heterocycles. The fourth-order valence-corrected chi connectivity index (χ4v) is 2.55. The highest BCUT2D eigenvalue weighted by atomic mass is 16.5. The minimum absolute atomic E-state index is 0.137. The lowest BCUT2D eigenvalue weighted by Gasteiger charge is -2.42. The van der Waals surface area contributed by atoms with Crippen molar-refractivity contribution in [1.29, 1.82) is 0 Å². The summed E-state index contributed by atoms with van der Waals surface area (Å²) in [5.41, 5.74) is 5.74. The van der Waals surface area contributed by atoms with Crippen molar-refractivity contribution in [2.75, 3.05) is 13.1 Å². The highest BCUT2D eigenvalue weighted by molar-refractivity contribution is 5.94. The number of nitrogens with two attached hydrogens (primary N) is 1. The molecular formula is C17H23N3O4. The average Bonchev–Trinajstić information content (AvgIpc) is 2.55. The monoisotopic (exact) mass is 333 g/mol. The second-order valence-electron chi connectivity index (χ2n) is 6.26. The van der Waals surface area contributed by atoms with Crippen molar-refractivity contribution in [3.63, 3.8) is 0 Å². The molecule has 1 atom stereocenters. The molecule has 7 heteroatoms. The fraction of sp³-hybridized carbons (Fsp3) is 0.471. The predicted octanol–water partition coefficient (Wildman–Crippen LogP) is 0.184. The van der Waals surface area contributed by atoms with Crippen molar-refractivity contribution in [2.45, 2.75) is 38.5 Å². The van der Waals surface area contributed by atoms with E-state index in [1.165, 1.54) is 4.90 Å². The number of benzene rings is 1. The molecule has 0 radical (unpaired) electrons. The first-order chi connectivity index (χ1) is 11.3. The van der Waals surface area contributed by atoms with Gasteiger partial charge in [-0.1, -0.05) is 30.3 Å². The third kappa shape index (κ3) is 4.11. The summed E-state index contributed by atoms with van der Waals surface area (Å²) in [4.78, 5) is 37.7. The number of hydrogen-bond acceptors (Lipinski definition) is 5. The van der Waals surface area contributed by atoms with E-state index >= 15 is 0 Å². The molecule has 2 amide bonds. The summed E-state index contributed by atoms with van der Waals surface area (Å²) in [7, 11) is 0. The molecule has 1 aliphatic rings. The van der Waals surface area contributed by atoms with E-state index in [0.29, 0.717) is 13.1 Å². The molecule has 1 aromatic rings. The quantitative estimate of drug-likeness (QED) is 0.749. The summed E-state index contributed by atoms with van der Waals surface area (Å²) in [6, 6.07) is 8.22. The molecule has 1 heterocycles. The van der Waals surface area contributed by atoms with Gasteiger partial charge in [0.1, 0.15) is 12.1 Å². The molecule has 0 unspecified atom stereocenters. The molecule has 2 rings (SSSR count). The molecule has 1 fully saturated rings. The lowest BCUT2D eigenvalue weighted by Crippen LogP contribution is -2.65. The fourth-order valence-electron chi connectivity index (χ4n) is 2.55. The van der Waals surface area contributed by atoms with Gasteiger partial charge in [0, 0.05) is 13.1 Å². The van der Waals surface area contributed by atoms with Crippen molar-refractivity contribution >= 4 is 17.8 Å². The Morgan fingerprint density at radius 2 is 2.00 bits per heavy atom. The zero-order chi connectivity index (χ0) is 17.7. The van der Waals surface area contributed by atoms with E-state index in [2.05, 4.69) is 5.32 Å². The standard InChI is InChI=1S/C17H23N3O4/c1-17(2)16(23)19-8-9-20(17)15(22)13(18)10-14(21)24-11-12-6-4-3-5-7-12/h3-7,13H,8-11,18H2,1-2H3,(H,19,23)/t13-/m0/s1. The van der Waals surface area contributed by atoms with Crippen LogP contribution in [0.3, 0.4) is 0 Å². The summed E-state index contributed by atoms with van der Waals surface area (Å²) in [6.07, 6.45) is -0.222. The van der Waals surface area contributed by atoms with Crippen LogP contribution < -0.4 is 11.1 Å². The number of rotatable bonds is 5. The van der Waals surface area contributed by atoms with E-state index in [1.54, 1.807) is 13.8 Å². The van der Waals surface area contributed by atoms with Crippen molar-refractivity contribution in [3.05, 3.63) is 35.9 Å². The van der Waals surface area contributed by atoms with Crippen LogP contribution in [0.25, 0.3) is 0 Å². The maximum Gasteiger partial charge on any atom is 0.308 e. The van der Waals surface area contributed by atoms with Gasteiger partial charge in [-0.25, -0.2) is 0 Å². The van der Waals surface area contributed by atoms with E-state index in [4.69, 9.17) is 10.5 Å². The molecule has 0 bridgehead atoms. The Kier molecular flexibility index (Phi) is 5.56. The number of carbonyl (C=O) groups excluding carboxylic acids is 3. The highest BCUT2D eigenvalue weighted by Gasteiger charge is 2.42. The molecule has 0 aliphatic carbocycles. The summed E-state index contributed by atoms with van der Waals surface area (Å²) in [5.74, 6) is -1.20. The van der Waals surface area contributed by atoms with Gasteiger partial charge in [-0.15, -0.1) is 0 Å². The number of piperazine rings is 1. The Bertz CT molecular complexity index is 616. The Morgan fingerprint density at radius 1 is 1.33 bits per heavy atom. The van der Waals surface area contributed by atoms with Crippen molar-refractivity contribution in [2.24, 2.45) is 5.73 Å². The number of esters is 1. The Morgan fingerprint density at radius 3 is 2.67 bits per heavy atom. The van der Waals surface area contributed by atoms with E-state index in [9.17, 15) is 14.4 Å². The topological polar surface area (TPSA) is 102 Å². The van der Waals surface area contributed by atoms with E-state index < -0.39 is 23.5 Å². The minimum Gasteiger partial charge on any atom is -0.461 e. The maximum absolute atomic E-state index is 12.5. The Labute approximate surface area is 141 Å². The first-order valence-corrected chi connectivity index (χ1v) is 7.87. The predicted molar refractivity (Wildman–Crippen MR) is 87.6 cm³/mol. The molecule has 7 nitrogen and oxygen atoms in total. The zero-order valence-corrected chi connectivity index (χ0v) is 14.0. The van der Waals surface area contributed by atoms with Gasteiger partial charge in [-0.2, -0.15) is 0 Å². The molecule has 24 heavy (non-hydrogen) atoms. The van der Waals surface area contributed by atoms with Crippen LogP contribution in [0, 0.1) is 0 Å². The normalized spacial score (nSPS) is 17.8. The SMILES string of the molecule is CC1(C)C(=O)NCCN1C(=O)[C@@H](N)CC(=O)OCc1ccccc1. The number of nitrogens with zero attached hydrogens (tertiary/aromatic N) is 1. The van der Waals surface area contributed by atoms with Crippen LogP contribution in [-0.4, -0.2) is 47.4 Å². The highest BCUT2D eigenvalue weighted by Crippen LogP contribution is 2.19. The third-order valence-corrected chi connectivity index (χ3v) is 4.06. The lowest BCUT2D eigenvalue weighted by molar-refractivity contribution is -0.153. The molecule has 1 saturated heterocycles. The van der Waals surface area contributed by atoms with E-state index in [1.807, 2.05) is 30.3 Å². The van der Waals surface area contributed by atoms with Crippen molar-refractivity contribution in [3.8, 4) is 0 Å². The van der Waals surface area contributed by atoms with Gasteiger partial charge in [-0.3, -0.25) is 14.4 Å². The second kappa shape index (κ2) is 7.44. The van der Waals surface area contributed by atoms with Gasteiger partial charge in [0.25, 0.3) is 0 Å². The second-order valence-corrected chi connectivity index (χ2v) is 6.26. The molecular weight excluding hydrogens is 310 g/mol. The number of nitrogens with one attached hydrogen (secondary N) is 1. The van der Waals surface area contributed by atoms with Gasteiger partial charge < -0.3 is 20.7 Å². The average molecular weight is 333 g/mol. The van der Waals surface area contributed by atoms with Crippen molar-refractivity contribution in [1.82, 2.24) is 10.2 Å². The number of amides is 2. The molecule has 1 aromatic carbocycles. The van der Waals surface area contributed by atoms with Crippen molar-refractivity contribution < 1.29 is 19.1 Å². The summed E-state index contributed by atoms with van der Waals surface area (Å²) in [6.45, 7) is 4.18. The molecule has 1 aliphatic heterocycles. The van der Waals surface area contributed by atoms with Crippen LogP contribution in [0.4, 0.5) is 0 Å². The van der Waals surface area contributed by atoms with Gasteiger partial charge >= 0.3 is 5.97 Å². The van der Waals surface area contributed by atoms with E-state index in [0.717, 1.165) is 5.56 Å². The van der Waals surface area contributed by atoms with Crippen LogP contribution in [0.15, 0.2) is 30.3 Å². The van der Waals surface area contributed by atoms with Gasteiger partial charge in [0.15, 0.2) is 0 Å². The maximum atomic E-state index is 12.5. The molecule has 130 valence electrons. The summed E-state index contributed by atoms with van der Waals surface area (Å²) < 4.78 is 5.14. The van der Waals surface area contributed by atoms with Gasteiger partial charge in [-0.05, 0) is 19.4 Å². The molecule has 0 saturated carbocycles. The summed E-state index contributed by atoms with van der Waals surface area (Å²) >= 11 is 0. The van der Waals surface area contributed by atoms with Crippen LogP contribution in [0.2, 0.25) is 0 Å². The van der Waals surface area contributed by atoms with E-state index in [-0.39, 0.29) is 18.9 Å². The zero-order valence-electron chi connectivity index (χ0n) is 14.0. The Balaban J connectivity index is 1.89. The minimum atomic E-state index is -1.03. The first kappa shape index (κ1) is 17.9. The van der Waals surface area contributed by atoms with Gasteiger partial charge in [0.2, 0.25) is 11.8 Å².